The molecule has 4 aromatic rings. The monoisotopic (exact) mass is 474 g/mol. The Hall–Kier alpha value is -3.09. The number of sulfonamides is 1. The molecule has 0 spiro atoms. The van der Waals surface area contributed by atoms with E-state index in [1.165, 1.54) is 30.3 Å². The molecule has 0 aliphatic carbocycles. The largest absolute Gasteiger partial charge is 0.338 e. The van der Waals surface area contributed by atoms with Crippen LogP contribution in [0.4, 0.5) is 10.1 Å². The molecule has 0 aliphatic rings. The van der Waals surface area contributed by atoms with E-state index in [0.29, 0.717) is 22.1 Å². The van der Waals surface area contributed by atoms with Gasteiger partial charge in [0.15, 0.2) is 5.65 Å². The van der Waals surface area contributed by atoms with Crippen molar-refractivity contribution in [3.8, 4) is 0 Å². The fraction of sp³-hybridized carbons (Fsp3) is 0.200. The second-order valence-corrected chi connectivity index (χ2v) is 9.87. The van der Waals surface area contributed by atoms with Gasteiger partial charge in [-0.25, -0.2) is 22.5 Å². The van der Waals surface area contributed by atoms with Crippen LogP contribution in [0.25, 0.3) is 22.1 Å². The van der Waals surface area contributed by atoms with E-state index in [0.717, 1.165) is 11.8 Å². The van der Waals surface area contributed by atoms with Gasteiger partial charge in [0, 0.05) is 16.9 Å². The van der Waals surface area contributed by atoms with Gasteiger partial charge in [0.2, 0.25) is 21.1 Å². The van der Waals surface area contributed by atoms with Crippen molar-refractivity contribution in [2.75, 3.05) is 11.1 Å². The molecule has 0 saturated heterocycles. The molecular formula is C20H19FN6O3S2. The lowest BCUT2D eigenvalue weighted by atomic mass is 10.2. The number of carbonyl (C=O) groups excluding carboxylic acids is 1. The summed E-state index contributed by atoms with van der Waals surface area (Å²) < 4.78 is 41.1. The Balaban J connectivity index is 1.53. The number of nitrogens with one attached hydrogen (secondary N) is 3. The van der Waals surface area contributed by atoms with Gasteiger partial charge >= 0.3 is 0 Å². The third-order valence-corrected chi connectivity index (χ3v) is 6.84. The van der Waals surface area contributed by atoms with Crippen LogP contribution in [0, 0.1) is 5.82 Å². The fourth-order valence-electron chi connectivity index (χ4n) is 3.02. The molecule has 0 atom stereocenters. The number of hydrogen-bond acceptors (Lipinski definition) is 7. The van der Waals surface area contributed by atoms with E-state index in [4.69, 9.17) is 0 Å². The molecule has 0 bridgehead atoms. The minimum absolute atomic E-state index is 0.0367. The molecule has 4 rings (SSSR count). The maximum atomic E-state index is 13.7. The zero-order valence-electron chi connectivity index (χ0n) is 17.1. The van der Waals surface area contributed by atoms with Crippen molar-refractivity contribution in [3.63, 3.8) is 0 Å². The number of halogens is 1. The van der Waals surface area contributed by atoms with E-state index >= 15 is 0 Å². The highest BCUT2D eigenvalue weighted by molar-refractivity contribution is 7.99. The zero-order chi connectivity index (χ0) is 22.9. The molecule has 0 fully saturated rings. The highest BCUT2D eigenvalue weighted by Gasteiger charge is 2.18. The summed E-state index contributed by atoms with van der Waals surface area (Å²) in [6, 6.07) is 10.3. The molecule has 32 heavy (non-hydrogen) atoms. The molecule has 9 nitrogen and oxygen atoms in total. The maximum Gasteiger partial charge on any atom is 0.240 e. The zero-order valence-corrected chi connectivity index (χ0v) is 18.7. The summed E-state index contributed by atoms with van der Waals surface area (Å²) in [6.07, 6.45) is 0. The van der Waals surface area contributed by atoms with Crippen molar-refractivity contribution in [2.45, 2.75) is 29.9 Å². The van der Waals surface area contributed by atoms with Crippen LogP contribution in [-0.2, 0) is 14.8 Å². The molecule has 2 aromatic carbocycles. The number of carbonyl (C=O) groups is 1. The van der Waals surface area contributed by atoms with Gasteiger partial charge in [-0.3, -0.25) is 4.79 Å². The number of para-hydroxylation sites is 1. The minimum atomic E-state index is -3.66. The number of fused-ring (bicyclic) bond motifs is 3. The van der Waals surface area contributed by atoms with E-state index in [2.05, 4.69) is 30.2 Å². The highest BCUT2D eigenvalue weighted by atomic mass is 32.2. The van der Waals surface area contributed by atoms with Crippen molar-refractivity contribution in [1.82, 2.24) is 24.9 Å². The number of nitrogens with zero attached hydrogens (tertiary/aromatic N) is 3. The van der Waals surface area contributed by atoms with Crippen molar-refractivity contribution in [3.05, 3.63) is 48.3 Å². The number of thioether (sulfide) groups is 1. The summed E-state index contributed by atoms with van der Waals surface area (Å²) in [6.45, 7) is 3.49. The predicted octanol–water partition coefficient (Wildman–Crippen LogP) is 3.06. The van der Waals surface area contributed by atoms with Gasteiger partial charge in [0.1, 0.15) is 11.3 Å². The predicted molar refractivity (Wildman–Crippen MR) is 120 cm³/mol. The number of rotatable bonds is 7. The summed E-state index contributed by atoms with van der Waals surface area (Å²) in [4.78, 5) is 19.7. The van der Waals surface area contributed by atoms with Crippen molar-refractivity contribution in [2.24, 2.45) is 0 Å². The Bertz CT molecular complexity index is 1420. The number of amides is 1. The average molecular weight is 475 g/mol. The highest BCUT2D eigenvalue weighted by Crippen LogP contribution is 2.26. The molecule has 0 saturated carbocycles. The van der Waals surface area contributed by atoms with Gasteiger partial charge in [0.25, 0.3) is 0 Å². The van der Waals surface area contributed by atoms with Crippen molar-refractivity contribution < 1.29 is 17.6 Å². The van der Waals surface area contributed by atoms with Crippen LogP contribution < -0.4 is 10.0 Å². The van der Waals surface area contributed by atoms with Crippen LogP contribution in [0.5, 0.6) is 0 Å². The number of hydrogen-bond donors (Lipinski definition) is 3. The van der Waals surface area contributed by atoms with Crippen molar-refractivity contribution >= 4 is 55.4 Å². The van der Waals surface area contributed by atoms with E-state index in [1.54, 1.807) is 26.0 Å². The molecule has 0 unspecified atom stereocenters. The third kappa shape index (κ3) is 4.71. The number of aromatic amines is 1. The summed E-state index contributed by atoms with van der Waals surface area (Å²) in [7, 11) is -3.66. The van der Waals surface area contributed by atoms with Crippen LogP contribution in [0.3, 0.4) is 0 Å². The first-order valence-corrected chi connectivity index (χ1v) is 12.1. The Morgan fingerprint density at radius 3 is 2.72 bits per heavy atom. The van der Waals surface area contributed by atoms with Crippen LogP contribution in [-0.4, -0.2) is 46.3 Å². The van der Waals surface area contributed by atoms with Crippen molar-refractivity contribution in [1.29, 1.82) is 0 Å². The molecule has 12 heteroatoms. The molecule has 0 radical (unpaired) electrons. The van der Waals surface area contributed by atoms with E-state index in [1.807, 2.05) is 0 Å². The molecule has 2 aromatic heterocycles. The van der Waals surface area contributed by atoms with E-state index < -0.39 is 21.7 Å². The number of anilines is 1. The molecular weight excluding hydrogens is 455 g/mol. The lowest BCUT2D eigenvalue weighted by Crippen LogP contribution is -2.30. The maximum absolute atomic E-state index is 13.7. The second-order valence-electron chi connectivity index (χ2n) is 7.22. The topological polar surface area (TPSA) is 130 Å². The fourth-order valence-corrected chi connectivity index (χ4v) is 4.88. The first-order valence-electron chi connectivity index (χ1n) is 9.58. The van der Waals surface area contributed by atoms with Crippen LogP contribution in [0.2, 0.25) is 0 Å². The summed E-state index contributed by atoms with van der Waals surface area (Å²) in [5, 5.41) is 11.5. The lowest BCUT2D eigenvalue weighted by molar-refractivity contribution is -0.113. The molecule has 2 heterocycles. The van der Waals surface area contributed by atoms with Gasteiger partial charge in [-0.15, -0.1) is 10.2 Å². The normalized spacial score (nSPS) is 12.0. The molecule has 3 N–H and O–H groups in total. The number of aromatic nitrogens is 4. The van der Waals surface area contributed by atoms with E-state index in [9.17, 15) is 17.6 Å². The van der Waals surface area contributed by atoms with Gasteiger partial charge in [-0.2, -0.15) is 0 Å². The summed E-state index contributed by atoms with van der Waals surface area (Å²) >= 11 is 1.05. The molecule has 1 amide bonds. The number of benzene rings is 2. The standard InChI is InChI=1S/C20H19FN6O3S2/c1-11(2)27-32(29,30)12-7-8-15-13(9-12)18-19(23-15)24-20(26-25-18)31-10-17(28)22-16-6-4-3-5-14(16)21/h3-9,11,27H,10H2,1-2H3,(H,22,28)(H,23,24,26). The summed E-state index contributed by atoms with van der Waals surface area (Å²) in [5.41, 5.74) is 1.59. The Labute approximate surface area is 187 Å². The molecule has 0 aliphatic heterocycles. The van der Waals surface area contributed by atoms with Gasteiger partial charge in [-0.05, 0) is 44.2 Å². The Morgan fingerprint density at radius 1 is 1.19 bits per heavy atom. The average Bonchev–Trinajstić information content (AvgIpc) is 3.10. The van der Waals surface area contributed by atoms with Crippen LogP contribution >= 0.6 is 11.8 Å². The van der Waals surface area contributed by atoms with Gasteiger partial charge < -0.3 is 10.3 Å². The van der Waals surface area contributed by atoms with Crippen LogP contribution in [0.1, 0.15) is 13.8 Å². The Morgan fingerprint density at radius 2 is 1.97 bits per heavy atom. The van der Waals surface area contributed by atoms with Crippen LogP contribution in [0.15, 0.2) is 52.5 Å². The first-order chi connectivity index (χ1) is 15.2. The Kier molecular flexibility index (Phi) is 6.09. The second kappa shape index (κ2) is 8.81. The SMILES string of the molecule is CC(C)NS(=O)(=O)c1ccc2[nH]c3nc(SCC(=O)Nc4ccccc4F)nnc3c2c1. The quantitative estimate of drug-likeness (QED) is 0.351. The van der Waals surface area contributed by atoms with Gasteiger partial charge in [0.05, 0.1) is 16.3 Å². The minimum Gasteiger partial charge on any atom is -0.338 e. The number of H-pyrrole nitrogens is 1. The lowest BCUT2D eigenvalue weighted by Gasteiger charge is -2.09. The third-order valence-electron chi connectivity index (χ3n) is 4.35. The van der Waals surface area contributed by atoms with Gasteiger partial charge in [-0.1, -0.05) is 23.9 Å². The summed E-state index contributed by atoms with van der Waals surface area (Å²) in [5.74, 6) is -0.966. The van der Waals surface area contributed by atoms with E-state index in [-0.39, 0.29) is 27.5 Å². The molecule has 166 valence electrons. The first kappa shape index (κ1) is 22.1. The smallest absolute Gasteiger partial charge is 0.240 e.